The normalized spacial score (nSPS) is 18.9. The van der Waals surface area contributed by atoms with Crippen molar-refractivity contribution in [3.05, 3.63) is 72.7 Å². The zero-order chi connectivity index (χ0) is 19.9. The molecule has 0 aliphatic carbocycles. The molecule has 1 aliphatic heterocycles. The van der Waals surface area contributed by atoms with Gasteiger partial charge in [-0.1, -0.05) is 18.2 Å². The van der Waals surface area contributed by atoms with E-state index in [1.54, 1.807) is 12.4 Å². The summed E-state index contributed by atoms with van der Waals surface area (Å²) in [6.07, 6.45) is 6.21. The maximum absolute atomic E-state index is 10.9. The first kappa shape index (κ1) is 19.4. The number of aliphatic hydroxyl groups is 1. The van der Waals surface area contributed by atoms with E-state index < -0.39 is 5.60 Å². The minimum absolute atomic E-state index is 0.554. The third-order valence-corrected chi connectivity index (χ3v) is 5.16. The van der Waals surface area contributed by atoms with Crippen molar-refractivity contribution in [2.24, 2.45) is 0 Å². The fourth-order valence-electron chi connectivity index (χ4n) is 3.57. The molecule has 2 N–H and O–H groups in total. The van der Waals surface area contributed by atoms with Crippen LogP contribution in [0.1, 0.15) is 12.0 Å². The van der Waals surface area contributed by atoms with E-state index in [2.05, 4.69) is 32.4 Å². The molecule has 0 amide bonds. The fourth-order valence-corrected chi connectivity index (χ4v) is 3.57. The fraction of sp³-hybridized carbons (Fsp3) is 0.364. The van der Waals surface area contributed by atoms with Crippen LogP contribution < -0.4 is 15.0 Å². The van der Waals surface area contributed by atoms with E-state index in [0.717, 1.165) is 36.6 Å². The molecule has 0 spiro atoms. The number of rotatable bonds is 9. The lowest BCUT2D eigenvalue weighted by Gasteiger charge is -2.24. The number of benzene rings is 1. The highest BCUT2D eigenvalue weighted by Crippen LogP contribution is 2.25. The first-order valence-corrected chi connectivity index (χ1v) is 9.98. The Bertz CT molecular complexity index is 870. The average molecular weight is 393 g/mol. The van der Waals surface area contributed by atoms with E-state index in [4.69, 9.17) is 4.74 Å². The van der Waals surface area contributed by atoms with Gasteiger partial charge in [-0.05, 0) is 42.3 Å². The Labute approximate surface area is 171 Å². The molecule has 1 fully saturated rings. The van der Waals surface area contributed by atoms with Gasteiger partial charge >= 0.3 is 0 Å². The number of nitrogens with one attached hydrogen (secondary N) is 1. The standard InChI is InChI=1S/C22H27N5O2/c28-22(9-13-26(18-22)21-4-1-2-10-24-21)17-23-16-19-5-7-20(8-6-19)29-15-14-27-12-3-11-25-27/h1-8,10-12,23,28H,9,13-18H2/t22-/m0/s1. The van der Waals surface area contributed by atoms with Gasteiger partial charge < -0.3 is 20.1 Å². The van der Waals surface area contributed by atoms with Gasteiger partial charge in [-0.2, -0.15) is 5.10 Å². The van der Waals surface area contributed by atoms with Crippen LogP contribution in [0.2, 0.25) is 0 Å². The highest BCUT2D eigenvalue weighted by Gasteiger charge is 2.36. The first-order valence-electron chi connectivity index (χ1n) is 9.98. The largest absolute Gasteiger partial charge is 0.492 e. The predicted octanol–water partition coefficient (Wildman–Crippen LogP) is 2.09. The van der Waals surface area contributed by atoms with E-state index in [0.29, 0.717) is 26.2 Å². The monoisotopic (exact) mass is 393 g/mol. The maximum atomic E-state index is 10.9. The molecule has 0 radical (unpaired) electrons. The second kappa shape index (κ2) is 9.07. The van der Waals surface area contributed by atoms with Crippen molar-refractivity contribution in [2.75, 3.05) is 31.1 Å². The quantitative estimate of drug-likeness (QED) is 0.580. The summed E-state index contributed by atoms with van der Waals surface area (Å²) in [6, 6.07) is 15.8. The van der Waals surface area contributed by atoms with Crippen molar-refractivity contribution in [3.8, 4) is 5.75 Å². The minimum Gasteiger partial charge on any atom is -0.492 e. The number of hydrogen-bond donors (Lipinski definition) is 2. The molecule has 4 rings (SSSR count). The molecule has 7 nitrogen and oxygen atoms in total. The van der Waals surface area contributed by atoms with Crippen LogP contribution in [0.5, 0.6) is 5.75 Å². The number of hydrogen-bond acceptors (Lipinski definition) is 6. The van der Waals surface area contributed by atoms with Crippen LogP contribution in [0.15, 0.2) is 67.1 Å². The number of pyridine rings is 1. The van der Waals surface area contributed by atoms with Gasteiger partial charge in [0.05, 0.1) is 12.1 Å². The Morgan fingerprint density at radius 3 is 2.76 bits per heavy atom. The van der Waals surface area contributed by atoms with Gasteiger partial charge in [0.1, 0.15) is 18.2 Å². The Balaban J connectivity index is 1.19. The van der Waals surface area contributed by atoms with Crippen LogP contribution in [0.25, 0.3) is 0 Å². The predicted molar refractivity (Wildman–Crippen MR) is 112 cm³/mol. The molecule has 1 aromatic carbocycles. The van der Waals surface area contributed by atoms with Crippen LogP contribution in [0.4, 0.5) is 5.82 Å². The number of β-amino-alcohol motifs (C(OH)–C–C–N with tert-alkyl or cyclic N) is 1. The molecule has 0 bridgehead atoms. The summed E-state index contributed by atoms with van der Waals surface area (Å²) < 4.78 is 7.61. The molecule has 0 unspecified atom stereocenters. The van der Waals surface area contributed by atoms with E-state index in [1.807, 2.05) is 47.3 Å². The molecule has 1 aliphatic rings. The summed E-state index contributed by atoms with van der Waals surface area (Å²) in [5, 5.41) is 18.4. The Morgan fingerprint density at radius 1 is 1.10 bits per heavy atom. The zero-order valence-corrected chi connectivity index (χ0v) is 16.4. The first-order chi connectivity index (χ1) is 14.2. The molecule has 152 valence electrons. The topological polar surface area (TPSA) is 75.4 Å². The SMILES string of the molecule is O[C@]1(CNCc2ccc(OCCn3cccn3)cc2)CCN(c2ccccn2)C1. The van der Waals surface area contributed by atoms with Crippen LogP contribution in [-0.4, -0.2) is 51.7 Å². The second-order valence-corrected chi connectivity index (χ2v) is 7.45. The summed E-state index contributed by atoms with van der Waals surface area (Å²) in [7, 11) is 0. The van der Waals surface area contributed by atoms with Crippen LogP contribution >= 0.6 is 0 Å². The van der Waals surface area contributed by atoms with Gasteiger partial charge in [-0.3, -0.25) is 4.68 Å². The summed E-state index contributed by atoms with van der Waals surface area (Å²) in [4.78, 5) is 6.51. The number of aromatic nitrogens is 3. The maximum Gasteiger partial charge on any atom is 0.128 e. The average Bonchev–Trinajstić information content (AvgIpc) is 3.40. The summed E-state index contributed by atoms with van der Waals surface area (Å²) >= 11 is 0. The van der Waals surface area contributed by atoms with Gasteiger partial charge in [-0.25, -0.2) is 4.98 Å². The summed E-state index contributed by atoms with van der Waals surface area (Å²) in [5.74, 6) is 1.77. The van der Waals surface area contributed by atoms with Crippen molar-refractivity contribution >= 4 is 5.82 Å². The summed E-state index contributed by atoms with van der Waals surface area (Å²) in [6.45, 7) is 3.99. The second-order valence-electron chi connectivity index (χ2n) is 7.45. The summed E-state index contributed by atoms with van der Waals surface area (Å²) in [5.41, 5.74) is 0.431. The molecule has 0 saturated carbocycles. The van der Waals surface area contributed by atoms with Gasteiger partial charge in [0.2, 0.25) is 0 Å². The van der Waals surface area contributed by atoms with Crippen LogP contribution in [0.3, 0.4) is 0 Å². The molecular formula is C22H27N5O2. The minimum atomic E-state index is -0.729. The molecule has 2 aromatic heterocycles. The highest BCUT2D eigenvalue weighted by atomic mass is 16.5. The third-order valence-electron chi connectivity index (χ3n) is 5.16. The number of ether oxygens (including phenoxy) is 1. The molecular weight excluding hydrogens is 366 g/mol. The number of anilines is 1. The van der Waals surface area contributed by atoms with E-state index in [9.17, 15) is 5.11 Å². The van der Waals surface area contributed by atoms with Crippen molar-refractivity contribution in [1.82, 2.24) is 20.1 Å². The third kappa shape index (κ3) is 5.34. The number of nitrogens with zero attached hydrogens (tertiary/aromatic N) is 4. The van der Waals surface area contributed by atoms with Gasteiger partial charge in [-0.15, -0.1) is 0 Å². The lowest BCUT2D eigenvalue weighted by atomic mass is 10.0. The molecule has 3 aromatic rings. The Morgan fingerprint density at radius 2 is 2.00 bits per heavy atom. The van der Waals surface area contributed by atoms with E-state index >= 15 is 0 Å². The zero-order valence-electron chi connectivity index (χ0n) is 16.4. The lowest BCUT2D eigenvalue weighted by molar-refractivity contribution is 0.0626. The van der Waals surface area contributed by atoms with Crippen molar-refractivity contribution in [2.45, 2.75) is 25.1 Å². The van der Waals surface area contributed by atoms with Gasteiger partial charge in [0.25, 0.3) is 0 Å². The molecule has 1 atom stereocenters. The Kier molecular flexibility index (Phi) is 6.07. The molecule has 1 saturated heterocycles. The van der Waals surface area contributed by atoms with Crippen molar-refractivity contribution in [3.63, 3.8) is 0 Å². The van der Waals surface area contributed by atoms with Gasteiger partial charge in [0.15, 0.2) is 0 Å². The van der Waals surface area contributed by atoms with E-state index in [-0.39, 0.29) is 0 Å². The van der Waals surface area contributed by atoms with Gasteiger partial charge in [0, 0.05) is 44.8 Å². The van der Waals surface area contributed by atoms with E-state index in [1.165, 1.54) is 0 Å². The lowest BCUT2D eigenvalue weighted by Crippen LogP contribution is -2.43. The molecule has 29 heavy (non-hydrogen) atoms. The van der Waals surface area contributed by atoms with Crippen LogP contribution in [0, 0.1) is 0 Å². The highest BCUT2D eigenvalue weighted by molar-refractivity contribution is 5.40. The van der Waals surface area contributed by atoms with Crippen molar-refractivity contribution < 1.29 is 9.84 Å². The van der Waals surface area contributed by atoms with Crippen LogP contribution in [-0.2, 0) is 13.1 Å². The van der Waals surface area contributed by atoms with Crippen molar-refractivity contribution in [1.29, 1.82) is 0 Å². The molecule has 3 heterocycles. The Hall–Kier alpha value is -2.90. The smallest absolute Gasteiger partial charge is 0.128 e. The molecule has 7 heteroatoms.